The van der Waals surface area contributed by atoms with Gasteiger partial charge in [-0.05, 0) is 70.6 Å². The number of phosphoric acid groups is 1. The summed E-state index contributed by atoms with van der Waals surface area (Å²) in [4.78, 5) is 35.4. The van der Waals surface area contributed by atoms with Gasteiger partial charge in [-0.1, -0.05) is 146 Å². The average molecular weight is 811 g/mol. The van der Waals surface area contributed by atoms with E-state index in [1.54, 1.807) is 0 Å². The van der Waals surface area contributed by atoms with E-state index in [2.05, 4.69) is 62.5 Å². The molecule has 1 N–H and O–H groups in total. The molecule has 326 valence electrons. The molecule has 0 heterocycles. The van der Waals surface area contributed by atoms with Crippen molar-refractivity contribution >= 4 is 19.8 Å². The summed E-state index contributed by atoms with van der Waals surface area (Å²) in [6.07, 6.45) is 44.4. The molecule has 10 heteroatoms. The smallest absolute Gasteiger partial charge is 0.462 e. The highest BCUT2D eigenvalue weighted by Gasteiger charge is 2.27. The minimum absolute atomic E-state index is 0.0266. The lowest BCUT2D eigenvalue weighted by Gasteiger charge is -2.24. The zero-order valence-electron chi connectivity index (χ0n) is 36.6. The minimum atomic E-state index is -4.38. The van der Waals surface area contributed by atoms with Crippen LogP contribution < -0.4 is 0 Å². The normalized spacial score (nSPS) is 14.0. The maximum atomic E-state index is 12.7. The summed E-state index contributed by atoms with van der Waals surface area (Å²) in [5.74, 6) is -0.824. The molecule has 0 aromatic carbocycles. The van der Waals surface area contributed by atoms with Crippen LogP contribution in [0.5, 0.6) is 0 Å². The van der Waals surface area contributed by atoms with E-state index in [1.165, 1.54) is 64.2 Å². The number of nitrogens with zero attached hydrogens (tertiary/aromatic N) is 1. The number of carbonyl (C=O) groups is 2. The van der Waals surface area contributed by atoms with Crippen LogP contribution in [0.3, 0.4) is 0 Å². The highest BCUT2D eigenvalue weighted by atomic mass is 31.2. The van der Waals surface area contributed by atoms with E-state index in [9.17, 15) is 19.0 Å². The van der Waals surface area contributed by atoms with E-state index >= 15 is 0 Å². The molecular weight excluding hydrogens is 725 g/mol. The molecule has 1 unspecified atom stereocenters. The number of carbonyl (C=O) groups excluding carboxylic acids is 2. The third-order valence-electron chi connectivity index (χ3n) is 9.34. The number of quaternary nitrogens is 1. The molecule has 9 nitrogen and oxygen atoms in total. The molecule has 0 aliphatic rings. The number of rotatable bonds is 40. The predicted octanol–water partition coefficient (Wildman–Crippen LogP) is 12.7. The van der Waals surface area contributed by atoms with Crippen LogP contribution in [0.4, 0.5) is 0 Å². The average Bonchev–Trinajstić information content (AvgIpc) is 3.15. The van der Waals surface area contributed by atoms with E-state index in [1.807, 2.05) is 21.1 Å². The molecule has 0 saturated carbocycles. The van der Waals surface area contributed by atoms with Gasteiger partial charge in [0.05, 0.1) is 27.7 Å². The molecule has 0 aliphatic heterocycles. The summed E-state index contributed by atoms with van der Waals surface area (Å²) in [6, 6.07) is 0. The molecule has 0 bridgehead atoms. The molecule has 0 amide bonds. The molecule has 0 radical (unpaired) electrons. The Bertz CT molecular complexity index is 1100. The Morgan fingerprint density at radius 2 is 1.02 bits per heavy atom. The van der Waals surface area contributed by atoms with Crippen molar-refractivity contribution in [2.75, 3.05) is 47.5 Å². The van der Waals surface area contributed by atoms with Gasteiger partial charge in [-0.15, -0.1) is 0 Å². The molecule has 0 saturated heterocycles. The van der Waals surface area contributed by atoms with Crippen molar-refractivity contribution in [3.05, 3.63) is 48.6 Å². The number of hydrogen-bond donors (Lipinski definition) is 1. The monoisotopic (exact) mass is 811 g/mol. The number of allylic oxidation sites excluding steroid dienone is 8. The van der Waals surface area contributed by atoms with Crippen molar-refractivity contribution in [1.29, 1.82) is 0 Å². The lowest BCUT2D eigenvalue weighted by molar-refractivity contribution is -0.870. The third-order valence-corrected chi connectivity index (χ3v) is 10.3. The highest BCUT2D eigenvalue weighted by Crippen LogP contribution is 2.43. The first-order chi connectivity index (χ1) is 27.0. The Morgan fingerprint density at radius 1 is 0.571 bits per heavy atom. The molecule has 0 aliphatic carbocycles. The predicted molar refractivity (Wildman–Crippen MR) is 233 cm³/mol. The fourth-order valence-corrected chi connectivity index (χ4v) is 6.59. The van der Waals surface area contributed by atoms with E-state index < -0.39 is 26.5 Å². The van der Waals surface area contributed by atoms with Crippen molar-refractivity contribution in [1.82, 2.24) is 0 Å². The van der Waals surface area contributed by atoms with Gasteiger partial charge < -0.3 is 18.9 Å². The Balaban J connectivity index is 4.38. The number of ether oxygens (including phenoxy) is 2. The van der Waals surface area contributed by atoms with E-state index in [0.29, 0.717) is 17.4 Å². The van der Waals surface area contributed by atoms with Crippen LogP contribution in [-0.2, 0) is 32.7 Å². The molecule has 0 aromatic rings. The first-order valence-corrected chi connectivity index (χ1v) is 23.9. The van der Waals surface area contributed by atoms with Gasteiger partial charge in [0.15, 0.2) is 6.10 Å². The molecule has 56 heavy (non-hydrogen) atoms. The maximum absolute atomic E-state index is 12.7. The molecular formula is C46H85NO8P+. The zero-order chi connectivity index (χ0) is 41.4. The topological polar surface area (TPSA) is 108 Å². The van der Waals surface area contributed by atoms with E-state index in [-0.39, 0.29) is 32.0 Å². The van der Waals surface area contributed by atoms with Crippen LogP contribution in [0.1, 0.15) is 181 Å². The first kappa shape index (κ1) is 54.0. The maximum Gasteiger partial charge on any atom is 0.472 e. The Labute approximate surface area is 343 Å². The summed E-state index contributed by atoms with van der Waals surface area (Å²) < 4.78 is 34.3. The van der Waals surface area contributed by atoms with Crippen LogP contribution in [0, 0.1) is 0 Å². The number of likely N-dealkylation sites (N-methyl/N-ethyl adjacent to an activating group) is 1. The van der Waals surface area contributed by atoms with Crippen molar-refractivity contribution in [2.24, 2.45) is 0 Å². The van der Waals surface area contributed by atoms with E-state index in [4.69, 9.17) is 18.5 Å². The third kappa shape index (κ3) is 41.6. The number of esters is 2. The van der Waals surface area contributed by atoms with Crippen molar-refractivity contribution in [3.8, 4) is 0 Å². The Hall–Kier alpha value is -2.03. The summed E-state index contributed by atoms with van der Waals surface area (Å²) in [7, 11) is 1.46. The number of phosphoric ester groups is 1. The Kier molecular flexibility index (Phi) is 37.1. The van der Waals surface area contributed by atoms with Gasteiger partial charge in [-0.25, -0.2) is 4.57 Å². The lowest BCUT2D eigenvalue weighted by atomic mass is 10.1. The summed E-state index contributed by atoms with van der Waals surface area (Å²) in [5.41, 5.74) is 0. The van der Waals surface area contributed by atoms with Crippen LogP contribution in [0.25, 0.3) is 0 Å². The SMILES string of the molecule is CC/C=C\C/C=C\C/C=C\CCCCCCCC(=O)OC[C@H](COP(=O)(O)OCC[N+](C)(C)C)OC(=O)CCCCCCCCC/C=C\CCCCCCCC. The number of unbranched alkanes of at least 4 members (excludes halogenated alkanes) is 18. The van der Waals surface area contributed by atoms with Gasteiger partial charge in [0, 0.05) is 12.8 Å². The van der Waals surface area contributed by atoms with Gasteiger partial charge >= 0.3 is 19.8 Å². The van der Waals surface area contributed by atoms with E-state index in [0.717, 1.165) is 83.5 Å². The van der Waals surface area contributed by atoms with Crippen LogP contribution in [0.15, 0.2) is 48.6 Å². The molecule has 2 atom stereocenters. The summed E-state index contributed by atoms with van der Waals surface area (Å²) in [5, 5.41) is 0. The minimum Gasteiger partial charge on any atom is -0.462 e. The zero-order valence-corrected chi connectivity index (χ0v) is 37.5. The largest absolute Gasteiger partial charge is 0.472 e. The quantitative estimate of drug-likeness (QED) is 0.0214. The Morgan fingerprint density at radius 3 is 1.54 bits per heavy atom. The molecule has 0 rings (SSSR count). The standard InChI is InChI=1S/C46H84NO8P/c1-6-8-10-12-14-16-18-20-22-23-25-27-29-31-33-35-37-39-46(49)55-44(43-54-56(50,51)53-41-40-47(3,4)5)42-52-45(48)38-36-34-32-30-28-26-24-21-19-17-15-13-11-9-7-2/h9,11,15,17,20-22,24,44H,6-8,10,12-14,16,18-19,23,25-43H2,1-5H3/p+1/b11-9-,17-15-,22-20-,24-21-/t44-/m1/s1. The second-order valence-electron chi connectivity index (χ2n) is 16.0. The van der Waals surface area contributed by atoms with Gasteiger partial charge in [0.25, 0.3) is 0 Å². The van der Waals surface area contributed by atoms with Gasteiger partial charge in [0.2, 0.25) is 0 Å². The molecule has 0 aromatic heterocycles. The second-order valence-corrected chi connectivity index (χ2v) is 17.5. The highest BCUT2D eigenvalue weighted by molar-refractivity contribution is 7.47. The van der Waals surface area contributed by atoms with Crippen LogP contribution >= 0.6 is 7.82 Å². The molecule has 0 fully saturated rings. The van der Waals surface area contributed by atoms with Crippen molar-refractivity contribution in [2.45, 2.75) is 187 Å². The lowest BCUT2D eigenvalue weighted by Crippen LogP contribution is -2.37. The second kappa shape index (κ2) is 38.5. The fourth-order valence-electron chi connectivity index (χ4n) is 5.85. The van der Waals surface area contributed by atoms with Crippen molar-refractivity contribution < 1.29 is 42.1 Å². The number of hydrogen-bond acceptors (Lipinski definition) is 7. The first-order valence-electron chi connectivity index (χ1n) is 22.4. The van der Waals surface area contributed by atoms with Crippen LogP contribution in [0.2, 0.25) is 0 Å². The summed E-state index contributed by atoms with van der Waals surface area (Å²) >= 11 is 0. The summed E-state index contributed by atoms with van der Waals surface area (Å²) in [6.45, 7) is 4.28. The van der Waals surface area contributed by atoms with Gasteiger partial charge in [0.1, 0.15) is 19.8 Å². The van der Waals surface area contributed by atoms with Gasteiger partial charge in [-0.2, -0.15) is 0 Å². The molecule has 0 spiro atoms. The van der Waals surface area contributed by atoms with Crippen molar-refractivity contribution in [3.63, 3.8) is 0 Å². The van der Waals surface area contributed by atoms with Crippen LogP contribution in [-0.4, -0.2) is 74.9 Å². The van der Waals surface area contributed by atoms with Gasteiger partial charge in [-0.3, -0.25) is 18.6 Å². The fraction of sp³-hybridized carbons (Fsp3) is 0.783.